The van der Waals surface area contributed by atoms with E-state index in [-0.39, 0.29) is 0 Å². The van der Waals surface area contributed by atoms with Crippen LogP contribution in [0.1, 0.15) is 79.4 Å². The zero-order chi connectivity index (χ0) is 23.9. The maximum atomic E-state index is 6.09. The summed E-state index contributed by atoms with van der Waals surface area (Å²) < 4.78 is 0. The van der Waals surface area contributed by atoms with Gasteiger partial charge in [-0.25, -0.2) is 19.6 Å². The molecule has 0 radical (unpaired) electrons. The van der Waals surface area contributed by atoms with Crippen LogP contribution in [0.25, 0.3) is 0 Å². The van der Waals surface area contributed by atoms with Crippen molar-refractivity contribution in [1.82, 2.24) is 0 Å². The first-order valence-electron chi connectivity index (χ1n) is 11.6. The van der Waals surface area contributed by atoms with Crippen molar-refractivity contribution in [2.24, 2.45) is 0 Å². The normalized spacial score (nSPS) is 16.4. The summed E-state index contributed by atoms with van der Waals surface area (Å²) in [5.41, 5.74) is 0.608. The van der Waals surface area contributed by atoms with Crippen molar-refractivity contribution in [2.75, 3.05) is 0 Å². The molecular weight excluding hydrogens is 400 g/mol. The van der Waals surface area contributed by atoms with Gasteiger partial charge in [-0.2, -0.15) is 0 Å². The third-order valence-electron chi connectivity index (χ3n) is 5.01. The predicted molar refractivity (Wildman–Crippen MR) is 130 cm³/mol. The van der Waals surface area contributed by atoms with Gasteiger partial charge in [-0.3, -0.25) is 0 Å². The van der Waals surface area contributed by atoms with E-state index < -0.39 is 22.4 Å². The van der Waals surface area contributed by atoms with Crippen LogP contribution in [0, 0.1) is 0 Å². The van der Waals surface area contributed by atoms with Crippen LogP contribution in [0.15, 0.2) is 60.7 Å². The predicted octanol–water partition coefficient (Wildman–Crippen LogP) is 7.26. The van der Waals surface area contributed by atoms with Gasteiger partial charge in [0.05, 0.1) is 11.2 Å². The SMILES string of the molecule is CC(C)(C)OOC(C)(CCC(C)(Cc1ccccc1)OOC(C)(C)C)Cc1ccccc1. The van der Waals surface area contributed by atoms with Crippen LogP contribution in [0.4, 0.5) is 0 Å². The standard InChI is InChI=1S/C28H42O4/c1-25(2,3)29-31-27(7,21-23-15-11-9-12-16-23)19-20-28(8,32-30-26(4,5)6)22-24-17-13-10-14-18-24/h9-18H,19-22H2,1-8H3. The van der Waals surface area contributed by atoms with Crippen LogP contribution < -0.4 is 0 Å². The van der Waals surface area contributed by atoms with Crippen LogP contribution in [-0.2, 0) is 32.4 Å². The van der Waals surface area contributed by atoms with Crippen molar-refractivity contribution in [2.45, 2.75) is 103 Å². The first kappa shape index (κ1) is 26.5. The largest absolute Gasteiger partial charge is 0.230 e. The molecule has 178 valence electrons. The highest BCUT2D eigenvalue weighted by molar-refractivity contribution is 5.18. The molecule has 4 heteroatoms. The van der Waals surface area contributed by atoms with Gasteiger partial charge in [0.2, 0.25) is 0 Å². The van der Waals surface area contributed by atoms with E-state index in [0.29, 0.717) is 0 Å². The van der Waals surface area contributed by atoms with Gasteiger partial charge in [0.15, 0.2) is 0 Å². The number of hydrogen-bond donors (Lipinski definition) is 0. The lowest BCUT2D eigenvalue weighted by Crippen LogP contribution is -2.41. The molecule has 0 saturated heterocycles. The van der Waals surface area contributed by atoms with E-state index in [1.165, 1.54) is 11.1 Å². The lowest BCUT2D eigenvalue weighted by Gasteiger charge is -2.37. The van der Waals surface area contributed by atoms with E-state index in [1.54, 1.807) is 0 Å². The summed E-state index contributed by atoms with van der Waals surface area (Å²) in [6.45, 7) is 16.2. The van der Waals surface area contributed by atoms with Crippen molar-refractivity contribution >= 4 is 0 Å². The molecule has 0 N–H and O–H groups in total. The fraction of sp³-hybridized carbons (Fsp3) is 0.571. The van der Waals surface area contributed by atoms with Gasteiger partial charge in [0, 0.05) is 12.8 Å². The van der Waals surface area contributed by atoms with E-state index in [1.807, 2.05) is 53.7 Å². The van der Waals surface area contributed by atoms with Crippen molar-refractivity contribution in [1.29, 1.82) is 0 Å². The van der Waals surface area contributed by atoms with Crippen LogP contribution in [0.5, 0.6) is 0 Å². The molecule has 0 saturated carbocycles. The first-order valence-corrected chi connectivity index (χ1v) is 11.6. The summed E-state index contributed by atoms with van der Waals surface area (Å²) in [6, 6.07) is 20.8. The Labute approximate surface area is 195 Å². The molecule has 2 aromatic carbocycles. The highest BCUT2D eigenvalue weighted by atomic mass is 17.2. The van der Waals surface area contributed by atoms with Gasteiger partial charge in [-0.15, -0.1) is 0 Å². The average molecular weight is 443 g/mol. The van der Waals surface area contributed by atoms with Crippen molar-refractivity contribution in [3.05, 3.63) is 71.8 Å². The topological polar surface area (TPSA) is 36.9 Å². The molecule has 0 aliphatic heterocycles. The van der Waals surface area contributed by atoms with Gasteiger partial charge in [0.25, 0.3) is 0 Å². The zero-order valence-electron chi connectivity index (χ0n) is 21.2. The van der Waals surface area contributed by atoms with Crippen LogP contribution >= 0.6 is 0 Å². The zero-order valence-corrected chi connectivity index (χ0v) is 21.2. The fourth-order valence-electron chi connectivity index (χ4n) is 3.35. The molecule has 0 fully saturated rings. The maximum absolute atomic E-state index is 6.09. The third kappa shape index (κ3) is 10.3. The molecular formula is C28H42O4. The molecule has 0 aromatic heterocycles. The number of benzene rings is 2. The summed E-state index contributed by atoms with van der Waals surface area (Å²) in [6.07, 6.45) is 2.97. The molecule has 2 unspecified atom stereocenters. The van der Waals surface area contributed by atoms with Gasteiger partial charge in [-0.05, 0) is 79.4 Å². The monoisotopic (exact) mass is 442 g/mol. The summed E-state index contributed by atoms with van der Waals surface area (Å²) in [5.74, 6) is 0. The average Bonchev–Trinajstić information content (AvgIpc) is 2.70. The van der Waals surface area contributed by atoms with Crippen molar-refractivity contribution < 1.29 is 19.6 Å². The molecule has 0 bridgehead atoms. The van der Waals surface area contributed by atoms with Crippen LogP contribution in [-0.4, -0.2) is 22.4 Å². The van der Waals surface area contributed by atoms with Gasteiger partial charge < -0.3 is 0 Å². The highest BCUT2D eigenvalue weighted by Gasteiger charge is 2.36. The molecule has 32 heavy (non-hydrogen) atoms. The number of hydrogen-bond acceptors (Lipinski definition) is 4. The van der Waals surface area contributed by atoms with E-state index in [4.69, 9.17) is 19.6 Å². The lowest BCUT2D eigenvalue weighted by atomic mass is 9.84. The quantitative estimate of drug-likeness (QED) is 0.271. The maximum Gasteiger partial charge on any atom is 0.105 e. The number of rotatable bonds is 11. The van der Waals surface area contributed by atoms with Crippen LogP contribution in [0.2, 0.25) is 0 Å². The second-order valence-corrected chi connectivity index (χ2v) is 11.3. The summed E-state index contributed by atoms with van der Waals surface area (Å²) in [4.78, 5) is 23.8. The van der Waals surface area contributed by atoms with E-state index in [0.717, 1.165) is 25.7 Å². The molecule has 2 atom stereocenters. The Balaban J connectivity index is 2.20. The van der Waals surface area contributed by atoms with E-state index >= 15 is 0 Å². The minimum Gasteiger partial charge on any atom is -0.230 e. The summed E-state index contributed by atoms with van der Waals surface area (Å²) >= 11 is 0. The minimum atomic E-state index is -0.516. The summed E-state index contributed by atoms with van der Waals surface area (Å²) in [5, 5.41) is 0. The van der Waals surface area contributed by atoms with Crippen molar-refractivity contribution in [3.63, 3.8) is 0 Å². The fourth-order valence-corrected chi connectivity index (χ4v) is 3.35. The first-order chi connectivity index (χ1) is 14.8. The van der Waals surface area contributed by atoms with E-state index in [2.05, 4.69) is 62.4 Å². The van der Waals surface area contributed by atoms with Crippen molar-refractivity contribution in [3.8, 4) is 0 Å². The molecule has 0 aliphatic rings. The lowest BCUT2D eigenvalue weighted by molar-refractivity contribution is -0.414. The Morgan fingerprint density at radius 1 is 0.469 bits per heavy atom. The Morgan fingerprint density at radius 3 is 1.06 bits per heavy atom. The Kier molecular flexibility index (Phi) is 9.06. The minimum absolute atomic E-state index is 0.392. The van der Waals surface area contributed by atoms with Crippen LogP contribution in [0.3, 0.4) is 0 Å². The molecule has 0 amide bonds. The molecule has 2 rings (SSSR count). The second kappa shape index (κ2) is 10.9. The summed E-state index contributed by atoms with van der Waals surface area (Å²) in [7, 11) is 0. The smallest absolute Gasteiger partial charge is 0.105 e. The highest BCUT2D eigenvalue weighted by Crippen LogP contribution is 2.33. The molecule has 0 heterocycles. The second-order valence-electron chi connectivity index (χ2n) is 11.3. The molecule has 2 aromatic rings. The third-order valence-corrected chi connectivity index (χ3v) is 5.01. The van der Waals surface area contributed by atoms with Gasteiger partial charge >= 0.3 is 0 Å². The van der Waals surface area contributed by atoms with Gasteiger partial charge in [0.1, 0.15) is 11.2 Å². The molecule has 0 spiro atoms. The van der Waals surface area contributed by atoms with E-state index in [9.17, 15) is 0 Å². The molecule has 4 nitrogen and oxygen atoms in total. The Bertz CT molecular complexity index is 722. The Hall–Kier alpha value is -1.72. The van der Waals surface area contributed by atoms with Gasteiger partial charge in [-0.1, -0.05) is 60.7 Å². The Morgan fingerprint density at radius 2 is 0.781 bits per heavy atom. The molecule has 0 aliphatic carbocycles.